The normalized spacial score (nSPS) is 27.2. The van der Waals surface area contributed by atoms with Crippen molar-refractivity contribution < 1.29 is 10.2 Å². The number of benzene rings is 2. The standard InChI is InChI=1S/C25H28N2O2/c1-2-16-15-27-11-10-18(16)12-24(27)25(29)21-14-23(17-6-4-3-5-7-17)26-22-9-8-19(28)13-20(21)22/h3-9,13-14,16,18,24-25,28-29H,2,10-12,15H2,1H3/t16-,18-,24-,25+/m0/s1. The van der Waals surface area contributed by atoms with E-state index in [-0.39, 0.29) is 11.8 Å². The zero-order valence-electron chi connectivity index (χ0n) is 16.8. The lowest BCUT2D eigenvalue weighted by molar-refractivity contribution is -0.0562. The lowest BCUT2D eigenvalue weighted by Gasteiger charge is -2.51. The van der Waals surface area contributed by atoms with Gasteiger partial charge in [0.15, 0.2) is 0 Å². The molecule has 3 aliphatic rings. The van der Waals surface area contributed by atoms with Gasteiger partial charge in [-0.15, -0.1) is 0 Å². The number of phenols is 1. The summed E-state index contributed by atoms with van der Waals surface area (Å²) < 4.78 is 0. The highest BCUT2D eigenvalue weighted by Gasteiger charge is 2.42. The number of phenolic OH excluding ortho intramolecular Hbond substituents is 1. The van der Waals surface area contributed by atoms with Gasteiger partial charge in [-0.05, 0) is 61.1 Å². The van der Waals surface area contributed by atoms with Gasteiger partial charge in [0.25, 0.3) is 0 Å². The van der Waals surface area contributed by atoms with Crippen molar-refractivity contribution in [1.29, 1.82) is 0 Å². The maximum Gasteiger partial charge on any atom is 0.116 e. The Morgan fingerprint density at radius 3 is 2.69 bits per heavy atom. The van der Waals surface area contributed by atoms with E-state index in [1.165, 1.54) is 12.8 Å². The summed E-state index contributed by atoms with van der Waals surface area (Å²) in [5.41, 5.74) is 3.57. The second kappa shape index (κ2) is 7.43. The van der Waals surface area contributed by atoms with Crippen LogP contribution in [0.15, 0.2) is 54.6 Å². The molecule has 4 nitrogen and oxygen atoms in total. The predicted octanol–water partition coefficient (Wildman–Crippen LogP) is 4.76. The third-order valence-electron chi connectivity index (χ3n) is 7.04. The Balaban J connectivity index is 1.59. The minimum Gasteiger partial charge on any atom is -0.508 e. The maximum absolute atomic E-state index is 11.5. The van der Waals surface area contributed by atoms with Crippen LogP contribution in [0.3, 0.4) is 0 Å². The number of aliphatic hydroxyl groups excluding tert-OH is 1. The van der Waals surface area contributed by atoms with E-state index in [2.05, 4.69) is 11.8 Å². The highest BCUT2D eigenvalue weighted by molar-refractivity contribution is 5.86. The van der Waals surface area contributed by atoms with E-state index in [0.29, 0.717) is 5.92 Å². The summed E-state index contributed by atoms with van der Waals surface area (Å²) >= 11 is 0. The second-order valence-corrected chi connectivity index (χ2v) is 8.62. The van der Waals surface area contributed by atoms with E-state index in [1.807, 2.05) is 42.5 Å². The molecule has 6 rings (SSSR count). The molecule has 3 aromatic rings. The summed E-state index contributed by atoms with van der Waals surface area (Å²) in [4.78, 5) is 7.29. The average Bonchev–Trinajstić information content (AvgIpc) is 2.78. The summed E-state index contributed by atoms with van der Waals surface area (Å²) in [6.45, 7) is 4.44. The van der Waals surface area contributed by atoms with Gasteiger partial charge < -0.3 is 10.2 Å². The van der Waals surface area contributed by atoms with Crippen molar-refractivity contribution in [1.82, 2.24) is 9.88 Å². The number of pyridine rings is 1. The van der Waals surface area contributed by atoms with Crippen molar-refractivity contribution in [3.8, 4) is 17.0 Å². The number of hydrogen-bond donors (Lipinski definition) is 2. The molecule has 1 unspecified atom stereocenters. The molecule has 0 radical (unpaired) electrons. The SMILES string of the molecule is CC[C@H]1CN2CC[C@H]1C[C@H]2[C@H](O)c1cc(-c2ccccc2)nc2ccc(O)cc12. The van der Waals surface area contributed by atoms with Crippen molar-refractivity contribution >= 4 is 10.9 Å². The monoisotopic (exact) mass is 388 g/mol. The summed E-state index contributed by atoms with van der Waals surface area (Å²) in [5, 5.41) is 22.5. The molecule has 2 bridgehead atoms. The maximum atomic E-state index is 11.5. The Labute approximate surface area is 171 Å². The van der Waals surface area contributed by atoms with Crippen LogP contribution in [0, 0.1) is 11.8 Å². The molecule has 29 heavy (non-hydrogen) atoms. The van der Waals surface area contributed by atoms with Crippen molar-refractivity contribution in [2.45, 2.75) is 38.3 Å². The fourth-order valence-electron chi connectivity index (χ4n) is 5.42. The van der Waals surface area contributed by atoms with E-state index in [9.17, 15) is 10.2 Å². The molecule has 3 aliphatic heterocycles. The summed E-state index contributed by atoms with van der Waals surface area (Å²) in [5.74, 6) is 1.67. The van der Waals surface area contributed by atoms with E-state index in [0.717, 1.165) is 53.2 Å². The summed E-state index contributed by atoms with van der Waals surface area (Å²) in [6, 6.07) is 17.5. The molecule has 4 heteroatoms. The summed E-state index contributed by atoms with van der Waals surface area (Å²) in [6.07, 6.45) is 2.91. The molecule has 2 aromatic carbocycles. The highest BCUT2D eigenvalue weighted by Crippen LogP contribution is 2.43. The molecule has 2 N–H and O–H groups in total. The molecule has 0 aliphatic carbocycles. The first-order valence-electron chi connectivity index (χ1n) is 10.7. The Kier molecular flexibility index (Phi) is 4.76. The lowest BCUT2D eigenvalue weighted by Crippen LogP contribution is -2.55. The molecular formula is C25H28N2O2. The quantitative estimate of drug-likeness (QED) is 0.676. The third kappa shape index (κ3) is 3.30. The zero-order valence-corrected chi connectivity index (χ0v) is 16.8. The number of aromatic hydroxyl groups is 1. The van der Waals surface area contributed by atoms with Crippen molar-refractivity contribution in [2.24, 2.45) is 11.8 Å². The van der Waals surface area contributed by atoms with Crippen LogP contribution in [0.1, 0.15) is 37.9 Å². The number of nitrogens with zero attached hydrogens (tertiary/aromatic N) is 2. The van der Waals surface area contributed by atoms with Crippen molar-refractivity contribution in [3.05, 3.63) is 60.2 Å². The molecule has 150 valence electrons. The number of fused-ring (bicyclic) bond motifs is 4. The summed E-state index contributed by atoms with van der Waals surface area (Å²) in [7, 11) is 0. The molecule has 0 spiro atoms. The van der Waals surface area contributed by atoms with Crippen LogP contribution in [0.2, 0.25) is 0 Å². The van der Waals surface area contributed by atoms with E-state index in [1.54, 1.807) is 12.1 Å². The van der Waals surface area contributed by atoms with Gasteiger partial charge in [-0.3, -0.25) is 4.90 Å². The largest absolute Gasteiger partial charge is 0.508 e. The molecule has 0 amide bonds. The molecule has 5 atom stereocenters. The van der Waals surface area contributed by atoms with Crippen LogP contribution in [-0.4, -0.2) is 39.2 Å². The number of aromatic nitrogens is 1. The van der Waals surface area contributed by atoms with Gasteiger partial charge in [-0.25, -0.2) is 4.98 Å². The van der Waals surface area contributed by atoms with Crippen LogP contribution >= 0.6 is 0 Å². The number of rotatable bonds is 4. The van der Waals surface area contributed by atoms with Crippen molar-refractivity contribution in [2.75, 3.05) is 13.1 Å². The van der Waals surface area contributed by atoms with Crippen molar-refractivity contribution in [3.63, 3.8) is 0 Å². The number of aliphatic hydroxyl groups is 1. The van der Waals surface area contributed by atoms with Gasteiger partial charge >= 0.3 is 0 Å². The fourth-order valence-corrected chi connectivity index (χ4v) is 5.42. The van der Waals surface area contributed by atoms with Gasteiger partial charge in [-0.2, -0.15) is 0 Å². The van der Waals surface area contributed by atoms with Gasteiger partial charge in [-0.1, -0.05) is 43.7 Å². The van der Waals surface area contributed by atoms with Gasteiger partial charge in [0.1, 0.15) is 5.75 Å². The van der Waals surface area contributed by atoms with Crippen LogP contribution in [-0.2, 0) is 0 Å². The minimum atomic E-state index is -0.592. The average molecular weight is 389 g/mol. The fraction of sp³-hybridized carbons (Fsp3) is 0.400. The number of hydrogen-bond acceptors (Lipinski definition) is 4. The Morgan fingerprint density at radius 1 is 1.14 bits per heavy atom. The molecule has 0 saturated carbocycles. The number of piperidine rings is 3. The van der Waals surface area contributed by atoms with Gasteiger partial charge in [0.2, 0.25) is 0 Å². The van der Waals surface area contributed by atoms with E-state index < -0.39 is 6.10 Å². The molecule has 3 fully saturated rings. The van der Waals surface area contributed by atoms with Crippen LogP contribution in [0.4, 0.5) is 0 Å². The van der Waals surface area contributed by atoms with Gasteiger partial charge in [0.05, 0.1) is 17.3 Å². The van der Waals surface area contributed by atoms with Gasteiger partial charge in [0, 0.05) is 23.5 Å². The molecular weight excluding hydrogens is 360 g/mol. The smallest absolute Gasteiger partial charge is 0.116 e. The first-order valence-corrected chi connectivity index (χ1v) is 10.7. The lowest BCUT2D eigenvalue weighted by atomic mass is 9.72. The highest BCUT2D eigenvalue weighted by atomic mass is 16.3. The van der Waals surface area contributed by atoms with E-state index >= 15 is 0 Å². The predicted molar refractivity (Wildman–Crippen MR) is 116 cm³/mol. The first-order chi connectivity index (χ1) is 14.1. The minimum absolute atomic E-state index is 0.133. The molecule has 1 aromatic heterocycles. The zero-order chi connectivity index (χ0) is 20.0. The van der Waals surface area contributed by atoms with Crippen LogP contribution < -0.4 is 0 Å². The Morgan fingerprint density at radius 2 is 1.97 bits per heavy atom. The third-order valence-corrected chi connectivity index (χ3v) is 7.04. The Hall–Kier alpha value is -2.43. The molecule has 4 heterocycles. The Bertz CT molecular complexity index is 1020. The van der Waals surface area contributed by atoms with Crippen LogP contribution in [0.5, 0.6) is 5.75 Å². The van der Waals surface area contributed by atoms with Crippen LogP contribution in [0.25, 0.3) is 22.2 Å². The first kappa shape index (κ1) is 18.6. The second-order valence-electron chi connectivity index (χ2n) is 8.62. The topological polar surface area (TPSA) is 56.6 Å². The van der Waals surface area contributed by atoms with E-state index in [4.69, 9.17) is 4.98 Å². The molecule has 3 saturated heterocycles.